The first-order valence-corrected chi connectivity index (χ1v) is 6.98. The van der Waals surface area contributed by atoms with E-state index in [4.69, 9.17) is 4.74 Å². The van der Waals surface area contributed by atoms with Gasteiger partial charge in [0, 0.05) is 17.3 Å². The van der Waals surface area contributed by atoms with Crippen LogP contribution in [0.1, 0.15) is 31.9 Å². The Morgan fingerprint density at radius 3 is 2.60 bits per heavy atom. The van der Waals surface area contributed by atoms with Crippen LogP contribution in [0.4, 0.5) is 10.1 Å². The summed E-state index contributed by atoms with van der Waals surface area (Å²) in [7, 11) is 0. The predicted octanol–water partition coefficient (Wildman–Crippen LogP) is 4.79. The Kier molecular flexibility index (Phi) is 4.99. The average molecular weight is 273 g/mol. The lowest BCUT2D eigenvalue weighted by Crippen LogP contribution is -2.11. The first-order chi connectivity index (χ1) is 9.74. The fourth-order valence-corrected chi connectivity index (χ4v) is 2.20. The molecule has 2 aromatic carbocycles. The Morgan fingerprint density at radius 1 is 1.10 bits per heavy atom. The van der Waals surface area contributed by atoms with Gasteiger partial charge in [-0.15, -0.1) is 0 Å². The minimum absolute atomic E-state index is 0.0481. The maximum atomic E-state index is 13.9. The second kappa shape index (κ2) is 6.94. The maximum absolute atomic E-state index is 13.9. The van der Waals surface area contributed by atoms with Gasteiger partial charge in [0.2, 0.25) is 0 Å². The molecule has 106 valence electrons. The normalized spacial score (nSPS) is 11.9. The summed E-state index contributed by atoms with van der Waals surface area (Å²) in [5.41, 5.74) is 1.63. The van der Waals surface area contributed by atoms with Crippen molar-refractivity contribution in [3.05, 3.63) is 59.9 Å². The van der Waals surface area contributed by atoms with Crippen LogP contribution in [0.25, 0.3) is 0 Å². The molecule has 0 spiro atoms. The van der Waals surface area contributed by atoms with Crippen molar-refractivity contribution in [3.63, 3.8) is 0 Å². The molecule has 0 amide bonds. The topological polar surface area (TPSA) is 21.3 Å². The summed E-state index contributed by atoms with van der Waals surface area (Å²) >= 11 is 0. The van der Waals surface area contributed by atoms with Crippen LogP contribution in [0.3, 0.4) is 0 Å². The molecule has 0 saturated carbocycles. The van der Waals surface area contributed by atoms with Crippen molar-refractivity contribution < 1.29 is 9.13 Å². The highest BCUT2D eigenvalue weighted by atomic mass is 19.1. The molecule has 20 heavy (non-hydrogen) atoms. The molecule has 0 aliphatic rings. The summed E-state index contributed by atoms with van der Waals surface area (Å²) in [6, 6.07) is 14.6. The van der Waals surface area contributed by atoms with Crippen LogP contribution >= 0.6 is 0 Å². The molecule has 3 heteroatoms. The molecule has 0 fully saturated rings. The molecule has 1 atom stereocenters. The molecule has 1 N–H and O–H groups in total. The molecule has 0 aliphatic heterocycles. The second-order valence-electron chi connectivity index (χ2n) is 4.59. The van der Waals surface area contributed by atoms with Gasteiger partial charge in [-0.2, -0.15) is 0 Å². The lowest BCUT2D eigenvalue weighted by Gasteiger charge is -2.19. The molecular formula is C17H20FNO. The molecular weight excluding hydrogens is 253 g/mol. The first kappa shape index (κ1) is 14.4. The van der Waals surface area contributed by atoms with Crippen molar-refractivity contribution >= 4 is 5.69 Å². The van der Waals surface area contributed by atoms with E-state index in [2.05, 4.69) is 5.32 Å². The number of ether oxygens (including phenoxy) is 1. The molecule has 2 aromatic rings. The molecule has 0 aliphatic carbocycles. The molecule has 2 rings (SSSR count). The van der Waals surface area contributed by atoms with E-state index in [-0.39, 0.29) is 11.9 Å². The van der Waals surface area contributed by atoms with Gasteiger partial charge in [-0.1, -0.05) is 31.2 Å². The number of anilines is 1. The van der Waals surface area contributed by atoms with Crippen molar-refractivity contribution in [2.45, 2.75) is 26.3 Å². The van der Waals surface area contributed by atoms with E-state index in [0.717, 1.165) is 17.9 Å². The van der Waals surface area contributed by atoms with E-state index in [1.807, 2.05) is 50.2 Å². The van der Waals surface area contributed by atoms with E-state index in [1.54, 1.807) is 6.07 Å². The van der Waals surface area contributed by atoms with Crippen LogP contribution < -0.4 is 10.1 Å². The maximum Gasteiger partial charge on any atom is 0.128 e. The quantitative estimate of drug-likeness (QED) is 0.817. The van der Waals surface area contributed by atoms with Gasteiger partial charge in [0.15, 0.2) is 0 Å². The van der Waals surface area contributed by atoms with Crippen LogP contribution in [0.15, 0.2) is 48.5 Å². The van der Waals surface area contributed by atoms with E-state index in [0.29, 0.717) is 12.2 Å². The Balaban J connectivity index is 2.18. The highest BCUT2D eigenvalue weighted by Crippen LogP contribution is 2.26. The van der Waals surface area contributed by atoms with Gasteiger partial charge in [-0.05, 0) is 31.5 Å². The number of halogens is 1. The zero-order valence-corrected chi connectivity index (χ0v) is 11.9. The minimum atomic E-state index is -0.173. The van der Waals surface area contributed by atoms with E-state index in [1.165, 1.54) is 6.07 Å². The van der Waals surface area contributed by atoms with Crippen LogP contribution in [0.2, 0.25) is 0 Å². The molecule has 0 bridgehead atoms. The summed E-state index contributed by atoms with van der Waals surface area (Å²) in [6.45, 7) is 4.62. The Bertz CT molecular complexity index is 556. The zero-order chi connectivity index (χ0) is 14.4. The van der Waals surface area contributed by atoms with Crippen molar-refractivity contribution in [2.24, 2.45) is 0 Å². The third kappa shape index (κ3) is 3.50. The molecule has 0 saturated heterocycles. The van der Waals surface area contributed by atoms with Gasteiger partial charge in [0.25, 0.3) is 0 Å². The summed E-state index contributed by atoms with van der Waals surface area (Å²) in [5, 5.41) is 3.36. The number of hydrogen-bond donors (Lipinski definition) is 1. The number of rotatable bonds is 6. The van der Waals surface area contributed by atoms with Crippen LogP contribution in [0, 0.1) is 5.82 Å². The van der Waals surface area contributed by atoms with Crippen LogP contribution in [0.5, 0.6) is 5.75 Å². The summed E-state index contributed by atoms with van der Waals surface area (Å²) in [6.07, 6.45) is 0.805. The van der Waals surface area contributed by atoms with Crippen molar-refractivity contribution in [1.82, 2.24) is 0 Å². The SMILES string of the molecule is CCOc1cccc(NC(CC)c2ccccc2F)c1. The molecule has 0 aromatic heterocycles. The van der Waals surface area contributed by atoms with Gasteiger partial charge in [-0.25, -0.2) is 4.39 Å². The van der Waals surface area contributed by atoms with Crippen LogP contribution in [-0.2, 0) is 0 Å². The van der Waals surface area contributed by atoms with Gasteiger partial charge in [0.05, 0.1) is 12.6 Å². The molecule has 1 unspecified atom stereocenters. The van der Waals surface area contributed by atoms with Gasteiger partial charge in [-0.3, -0.25) is 0 Å². The van der Waals surface area contributed by atoms with Gasteiger partial charge < -0.3 is 10.1 Å². The number of benzene rings is 2. The number of nitrogens with one attached hydrogen (secondary N) is 1. The first-order valence-electron chi connectivity index (χ1n) is 6.98. The lowest BCUT2D eigenvalue weighted by molar-refractivity contribution is 0.340. The van der Waals surface area contributed by atoms with Crippen molar-refractivity contribution in [1.29, 1.82) is 0 Å². The molecule has 0 radical (unpaired) electrons. The highest BCUT2D eigenvalue weighted by molar-refractivity contribution is 5.50. The lowest BCUT2D eigenvalue weighted by atomic mass is 10.0. The summed E-state index contributed by atoms with van der Waals surface area (Å²) in [5.74, 6) is 0.647. The monoisotopic (exact) mass is 273 g/mol. The highest BCUT2D eigenvalue weighted by Gasteiger charge is 2.13. The number of hydrogen-bond acceptors (Lipinski definition) is 2. The van der Waals surface area contributed by atoms with Gasteiger partial charge in [0.1, 0.15) is 11.6 Å². The fourth-order valence-electron chi connectivity index (χ4n) is 2.20. The van der Waals surface area contributed by atoms with Gasteiger partial charge >= 0.3 is 0 Å². The fraction of sp³-hybridized carbons (Fsp3) is 0.294. The largest absolute Gasteiger partial charge is 0.494 e. The third-order valence-electron chi connectivity index (χ3n) is 3.17. The van der Waals surface area contributed by atoms with E-state index < -0.39 is 0 Å². The minimum Gasteiger partial charge on any atom is -0.494 e. The van der Waals surface area contributed by atoms with E-state index in [9.17, 15) is 4.39 Å². The average Bonchev–Trinajstić information content (AvgIpc) is 2.46. The summed E-state index contributed by atoms with van der Waals surface area (Å²) < 4.78 is 19.3. The van der Waals surface area contributed by atoms with E-state index >= 15 is 0 Å². The molecule has 0 heterocycles. The predicted molar refractivity (Wildman–Crippen MR) is 80.7 cm³/mol. The summed E-state index contributed by atoms with van der Waals surface area (Å²) in [4.78, 5) is 0. The Labute approximate surface area is 119 Å². The Hall–Kier alpha value is -2.03. The zero-order valence-electron chi connectivity index (χ0n) is 11.9. The Morgan fingerprint density at radius 2 is 1.90 bits per heavy atom. The van der Waals surface area contributed by atoms with Crippen molar-refractivity contribution in [2.75, 3.05) is 11.9 Å². The van der Waals surface area contributed by atoms with Crippen LogP contribution in [-0.4, -0.2) is 6.61 Å². The smallest absolute Gasteiger partial charge is 0.128 e. The second-order valence-corrected chi connectivity index (χ2v) is 4.59. The third-order valence-corrected chi connectivity index (χ3v) is 3.17. The standard InChI is InChI=1S/C17H20FNO/c1-3-17(15-10-5-6-11-16(15)18)19-13-8-7-9-14(12-13)20-4-2/h5-12,17,19H,3-4H2,1-2H3. The van der Waals surface area contributed by atoms with Crippen molar-refractivity contribution in [3.8, 4) is 5.75 Å². The molecule has 2 nitrogen and oxygen atoms in total.